The summed E-state index contributed by atoms with van der Waals surface area (Å²) in [6, 6.07) is 9.66. The first-order valence-electron chi connectivity index (χ1n) is 6.17. The third kappa shape index (κ3) is 3.09. The van der Waals surface area contributed by atoms with E-state index >= 15 is 0 Å². The first kappa shape index (κ1) is 15.6. The summed E-state index contributed by atoms with van der Waals surface area (Å²) in [6.45, 7) is 0. The van der Waals surface area contributed by atoms with Crippen molar-refractivity contribution in [1.29, 1.82) is 0 Å². The molecule has 2 nitrogen and oxygen atoms in total. The molecule has 0 fully saturated rings. The number of benzene rings is 2. The highest BCUT2D eigenvalue weighted by molar-refractivity contribution is 14.1. The molecule has 0 radical (unpaired) electrons. The summed E-state index contributed by atoms with van der Waals surface area (Å²) in [5.74, 6) is -0.0126. The molecule has 1 aliphatic heterocycles. The fourth-order valence-corrected chi connectivity index (χ4v) is 4.24. The van der Waals surface area contributed by atoms with E-state index in [4.69, 9.17) is 23.2 Å². The summed E-state index contributed by atoms with van der Waals surface area (Å²) in [4.78, 5) is 11.5. The second kappa shape index (κ2) is 6.07. The van der Waals surface area contributed by atoms with E-state index in [-0.39, 0.29) is 11.3 Å². The van der Waals surface area contributed by atoms with Crippen LogP contribution in [0.15, 0.2) is 34.8 Å². The van der Waals surface area contributed by atoms with Gasteiger partial charge in [0.05, 0.1) is 11.8 Å². The lowest BCUT2D eigenvalue weighted by atomic mass is 10.0. The van der Waals surface area contributed by atoms with Crippen LogP contribution in [0.25, 0.3) is 0 Å². The molecular weight excluding hydrogens is 488 g/mol. The predicted molar refractivity (Wildman–Crippen MR) is 98.3 cm³/mol. The summed E-state index contributed by atoms with van der Waals surface area (Å²) in [6.07, 6.45) is 0.374. The molecule has 6 heteroatoms. The van der Waals surface area contributed by atoms with Gasteiger partial charge in [0, 0.05) is 18.8 Å². The smallest absolute Gasteiger partial charge is 0.228 e. The summed E-state index contributed by atoms with van der Waals surface area (Å²) in [5.41, 5.74) is 3.53. The molecular formula is C15H9BrCl2INO. The van der Waals surface area contributed by atoms with Gasteiger partial charge in [0.2, 0.25) is 5.91 Å². The van der Waals surface area contributed by atoms with Crippen LogP contribution in [0.4, 0.5) is 5.69 Å². The molecule has 3 rings (SSSR count). The van der Waals surface area contributed by atoms with E-state index in [2.05, 4.69) is 43.8 Å². The highest BCUT2D eigenvalue weighted by atomic mass is 127. The van der Waals surface area contributed by atoms with E-state index in [0.29, 0.717) is 11.4 Å². The zero-order valence-electron chi connectivity index (χ0n) is 10.6. The van der Waals surface area contributed by atoms with Gasteiger partial charge in [-0.15, -0.1) is 11.6 Å². The fourth-order valence-electron chi connectivity index (χ4n) is 2.34. The van der Waals surface area contributed by atoms with Gasteiger partial charge in [0.25, 0.3) is 0 Å². The van der Waals surface area contributed by atoms with Gasteiger partial charge in [-0.2, -0.15) is 0 Å². The van der Waals surface area contributed by atoms with Crippen LogP contribution in [-0.2, 0) is 11.2 Å². The van der Waals surface area contributed by atoms with E-state index in [0.717, 1.165) is 30.4 Å². The standard InChI is InChI=1S/C15H9BrCl2INO/c16-8-1-2-12(19)10(5-8)15(18)9-3-7-4-14(21)20-13(7)6-11(9)17/h1-3,5-6,15H,4H2,(H,20,21). The van der Waals surface area contributed by atoms with Gasteiger partial charge < -0.3 is 5.32 Å². The summed E-state index contributed by atoms with van der Waals surface area (Å²) in [5, 5.41) is 2.99. The normalized spacial score (nSPS) is 14.8. The number of carbonyl (C=O) groups excluding carboxylic acids is 1. The minimum Gasteiger partial charge on any atom is -0.325 e. The molecule has 1 unspecified atom stereocenters. The van der Waals surface area contributed by atoms with Crippen molar-refractivity contribution in [2.45, 2.75) is 11.8 Å². The van der Waals surface area contributed by atoms with Gasteiger partial charge >= 0.3 is 0 Å². The average Bonchev–Trinajstić information content (AvgIpc) is 2.79. The van der Waals surface area contributed by atoms with Crippen molar-refractivity contribution >= 4 is 73.3 Å². The third-order valence-corrected chi connectivity index (χ3v) is 5.62. The number of rotatable bonds is 2. The minimum atomic E-state index is -0.358. The molecule has 2 aromatic carbocycles. The topological polar surface area (TPSA) is 29.1 Å². The quantitative estimate of drug-likeness (QED) is 0.430. The monoisotopic (exact) mass is 495 g/mol. The summed E-state index contributed by atoms with van der Waals surface area (Å²) < 4.78 is 2.04. The van der Waals surface area contributed by atoms with Gasteiger partial charge in [0.1, 0.15) is 0 Å². The maximum Gasteiger partial charge on any atom is 0.228 e. The van der Waals surface area contributed by atoms with Crippen molar-refractivity contribution in [3.8, 4) is 0 Å². The Morgan fingerprint density at radius 2 is 2.00 bits per heavy atom. The number of fused-ring (bicyclic) bond motifs is 1. The molecule has 0 saturated heterocycles. The Balaban J connectivity index is 2.06. The van der Waals surface area contributed by atoms with Crippen LogP contribution < -0.4 is 5.32 Å². The largest absolute Gasteiger partial charge is 0.325 e. The molecule has 1 amide bonds. The predicted octanol–water partition coefficient (Wildman–Crippen LogP) is 5.53. The number of anilines is 1. The molecule has 2 aromatic rings. The van der Waals surface area contributed by atoms with Gasteiger partial charge in [-0.1, -0.05) is 27.5 Å². The maximum atomic E-state index is 11.5. The van der Waals surface area contributed by atoms with E-state index in [9.17, 15) is 4.79 Å². The first-order chi connectivity index (χ1) is 9.95. The number of alkyl halides is 1. The lowest BCUT2D eigenvalue weighted by Crippen LogP contribution is -2.03. The number of carbonyl (C=O) groups is 1. The van der Waals surface area contributed by atoms with Gasteiger partial charge in [-0.05, 0) is 69.6 Å². The number of hydrogen-bond donors (Lipinski definition) is 1. The van der Waals surface area contributed by atoms with Crippen LogP contribution >= 0.6 is 61.7 Å². The lowest BCUT2D eigenvalue weighted by molar-refractivity contribution is -0.115. The van der Waals surface area contributed by atoms with Gasteiger partial charge in [-0.25, -0.2) is 0 Å². The van der Waals surface area contributed by atoms with Crippen molar-refractivity contribution in [2.24, 2.45) is 0 Å². The number of nitrogens with one attached hydrogen (secondary N) is 1. The van der Waals surface area contributed by atoms with E-state index in [1.165, 1.54) is 0 Å². The van der Waals surface area contributed by atoms with Crippen LogP contribution in [0.5, 0.6) is 0 Å². The van der Waals surface area contributed by atoms with Crippen molar-refractivity contribution < 1.29 is 4.79 Å². The zero-order valence-corrected chi connectivity index (χ0v) is 15.8. The molecule has 21 heavy (non-hydrogen) atoms. The molecule has 0 bridgehead atoms. The van der Waals surface area contributed by atoms with Crippen molar-refractivity contribution in [1.82, 2.24) is 0 Å². The lowest BCUT2D eigenvalue weighted by Gasteiger charge is -2.16. The molecule has 1 N–H and O–H groups in total. The van der Waals surface area contributed by atoms with E-state index in [1.54, 1.807) is 6.07 Å². The third-order valence-electron chi connectivity index (χ3n) is 3.35. The number of amides is 1. The second-order valence-electron chi connectivity index (χ2n) is 4.78. The first-order valence-corrected chi connectivity index (χ1v) is 8.85. The molecule has 0 aliphatic carbocycles. The van der Waals surface area contributed by atoms with Crippen molar-refractivity contribution in [3.63, 3.8) is 0 Å². The molecule has 1 atom stereocenters. The Kier molecular flexibility index (Phi) is 4.50. The van der Waals surface area contributed by atoms with Crippen LogP contribution in [0.1, 0.15) is 22.1 Å². The second-order valence-corrected chi connectivity index (χ2v) is 7.71. The van der Waals surface area contributed by atoms with Crippen LogP contribution in [0, 0.1) is 3.57 Å². The SMILES string of the molecule is O=C1Cc2cc(C(Cl)c3cc(Br)ccc3I)c(Cl)cc2N1. The summed E-state index contributed by atoms with van der Waals surface area (Å²) >= 11 is 18.7. The van der Waals surface area contributed by atoms with Crippen LogP contribution in [0.2, 0.25) is 5.02 Å². The Bertz CT molecular complexity index is 751. The fraction of sp³-hybridized carbons (Fsp3) is 0.133. The Morgan fingerprint density at radius 3 is 2.76 bits per heavy atom. The zero-order chi connectivity index (χ0) is 15.1. The Labute approximate surface area is 154 Å². The Morgan fingerprint density at radius 1 is 1.24 bits per heavy atom. The summed E-state index contributed by atoms with van der Waals surface area (Å²) in [7, 11) is 0. The molecule has 1 heterocycles. The number of hydrogen-bond acceptors (Lipinski definition) is 1. The van der Waals surface area contributed by atoms with Crippen LogP contribution in [-0.4, -0.2) is 5.91 Å². The maximum absolute atomic E-state index is 11.5. The highest BCUT2D eigenvalue weighted by Crippen LogP contribution is 2.40. The highest BCUT2D eigenvalue weighted by Gasteiger charge is 2.23. The molecule has 1 aliphatic rings. The van der Waals surface area contributed by atoms with Gasteiger partial charge in [0.15, 0.2) is 0 Å². The van der Waals surface area contributed by atoms with Gasteiger partial charge in [-0.3, -0.25) is 4.79 Å². The molecule has 0 aromatic heterocycles. The molecule has 0 spiro atoms. The molecule has 0 saturated carbocycles. The van der Waals surface area contributed by atoms with Crippen LogP contribution in [0.3, 0.4) is 0 Å². The number of halogens is 4. The van der Waals surface area contributed by atoms with Crippen molar-refractivity contribution in [2.75, 3.05) is 5.32 Å². The average molecular weight is 497 g/mol. The minimum absolute atomic E-state index is 0.0126. The van der Waals surface area contributed by atoms with E-state index < -0.39 is 0 Å². The van der Waals surface area contributed by atoms with Crippen molar-refractivity contribution in [3.05, 3.63) is 60.1 Å². The molecule has 108 valence electrons. The van der Waals surface area contributed by atoms with E-state index in [1.807, 2.05) is 24.3 Å². The Hall–Kier alpha value is -0.300.